The molecule has 1 unspecified atom stereocenters. The van der Waals surface area contributed by atoms with Gasteiger partial charge in [-0.05, 0) is 38.3 Å². The van der Waals surface area contributed by atoms with Crippen LogP contribution in [0.4, 0.5) is 0 Å². The first-order valence-electron chi connectivity index (χ1n) is 11.2. The molecule has 2 heterocycles. The van der Waals surface area contributed by atoms with Gasteiger partial charge < -0.3 is 10.1 Å². The van der Waals surface area contributed by atoms with E-state index in [4.69, 9.17) is 4.74 Å². The van der Waals surface area contributed by atoms with Crippen molar-refractivity contribution in [2.75, 3.05) is 32.8 Å². The summed E-state index contributed by atoms with van der Waals surface area (Å²) in [4.78, 5) is 14.9. The molecule has 1 N–H and O–H groups in total. The van der Waals surface area contributed by atoms with Crippen molar-refractivity contribution < 1.29 is 9.53 Å². The minimum Gasteiger partial charge on any atom is -0.379 e. The number of ether oxygens (including phenoxy) is 1. The second-order valence-corrected chi connectivity index (χ2v) is 8.77. The quantitative estimate of drug-likeness (QED) is 0.661. The molecule has 168 valence electrons. The Kier molecular flexibility index (Phi) is 8.04. The molecule has 6 heteroatoms. The maximum absolute atomic E-state index is 12.5. The van der Waals surface area contributed by atoms with Gasteiger partial charge in [0.1, 0.15) is 0 Å². The number of carbonyl (C=O) groups excluding carboxylic acids is 1. The molecule has 1 aromatic heterocycles. The van der Waals surface area contributed by atoms with Crippen LogP contribution in [0, 0.1) is 26.7 Å². The zero-order chi connectivity index (χ0) is 22.4. The molecule has 1 amide bonds. The van der Waals surface area contributed by atoms with E-state index in [2.05, 4.69) is 67.3 Å². The van der Waals surface area contributed by atoms with Crippen LogP contribution >= 0.6 is 0 Å². The van der Waals surface area contributed by atoms with E-state index in [9.17, 15) is 4.79 Å². The Morgan fingerprint density at radius 2 is 1.84 bits per heavy atom. The monoisotopic (exact) mass is 424 g/mol. The molecule has 0 bridgehead atoms. The predicted octanol–water partition coefficient (Wildman–Crippen LogP) is 3.34. The second kappa shape index (κ2) is 10.7. The molecule has 1 aliphatic rings. The average Bonchev–Trinajstić information content (AvgIpc) is 3.01. The van der Waals surface area contributed by atoms with E-state index in [0.29, 0.717) is 18.5 Å². The Morgan fingerprint density at radius 3 is 2.48 bits per heavy atom. The standard InChI is InChI=1S/C25H36N4O2/c1-18(2)24(28-12-14-31-15-13-28)16-26-25(30)11-10-23-20(4)27-29(21(23)5)17-22-8-6-19(3)7-9-22/h6-11,18,24H,12-17H2,1-5H3,(H,26,30)/b11-10+. The Labute approximate surface area is 186 Å². The van der Waals surface area contributed by atoms with Crippen LogP contribution in [0.15, 0.2) is 30.3 Å². The lowest BCUT2D eigenvalue weighted by atomic mass is 10.0. The van der Waals surface area contributed by atoms with E-state index in [1.54, 1.807) is 6.08 Å². The highest BCUT2D eigenvalue weighted by molar-refractivity contribution is 5.92. The highest BCUT2D eigenvalue weighted by atomic mass is 16.5. The maximum atomic E-state index is 12.5. The van der Waals surface area contributed by atoms with E-state index < -0.39 is 0 Å². The zero-order valence-corrected chi connectivity index (χ0v) is 19.5. The number of amides is 1. The van der Waals surface area contributed by atoms with Gasteiger partial charge in [-0.25, -0.2) is 0 Å². The minimum atomic E-state index is -0.0657. The summed E-state index contributed by atoms with van der Waals surface area (Å²) in [6.07, 6.45) is 3.52. The van der Waals surface area contributed by atoms with E-state index in [1.807, 2.05) is 17.7 Å². The normalized spacial score (nSPS) is 16.2. The molecular formula is C25H36N4O2. The molecule has 0 saturated carbocycles. The summed E-state index contributed by atoms with van der Waals surface area (Å²) in [6, 6.07) is 8.82. The summed E-state index contributed by atoms with van der Waals surface area (Å²) < 4.78 is 7.47. The summed E-state index contributed by atoms with van der Waals surface area (Å²) in [5.74, 6) is 0.399. The van der Waals surface area contributed by atoms with Gasteiger partial charge >= 0.3 is 0 Å². The Hall–Kier alpha value is -2.44. The lowest BCUT2D eigenvalue weighted by Crippen LogP contribution is -2.51. The summed E-state index contributed by atoms with van der Waals surface area (Å²) in [6.45, 7) is 15.3. The number of nitrogens with zero attached hydrogens (tertiary/aromatic N) is 3. The Balaban J connectivity index is 1.60. The summed E-state index contributed by atoms with van der Waals surface area (Å²) in [7, 11) is 0. The molecular weight excluding hydrogens is 388 g/mol. The van der Waals surface area contributed by atoms with E-state index in [0.717, 1.165) is 49.8 Å². The zero-order valence-electron chi connectivity index (χ0n) is 19.5. The number of morpholine rings is 1. The molecule has 0 radical (unpaired) electrons. The molecule has 0 aliphatic carbocycles. The molecule has 6 nitrogen and oxygen atoms in total. The molecule has 1 aliphatic heterocycles. The van der Waals surface area contributed by atoms with Gasteiger partial charge in [0, 0.05) is 43.0 Å². The molecule has 3 rings (SSSR count). The van der Waals surface area contributed by atoms with Gasteiger partial charge in [-0.15, -0.1) is 0 Å². The SMILES string of the molecule is Cc1ccc(Cn2nc(C)c(/C=C/C(=O)NCC(C(C)C)N3CCOCC3)c2C)cc1. The van der Waals surface area contributed by atoms with Gasteiger partial charge in [0.25, 0.3) is 0 Å². The minimum absolute atomic E-state index is 0.0657. The van der Waals surface area contributed by atoms with Crippen LogP contribution < -0.4 is 5.32 Å². The van der Waals surface area contributed by atoms with Gasteiger partial charge in [0.2, 0.25) is 5.91 Å². The predicted molar refractivity (Wildman–Crippen MR) is 125 cm³/mol. The number of aryl methyl sites for hydroxylation is 2. The van der Waals surface area contributed by atoms with Crippen LogP contribution in [0.2, 0.25) is 0 Å². The summed E-state index contributed by atoms with van der Waals surface area (Å²) in [5, 5.41) is 7.77. The molecule has 1 saturated heterocycles. The largest absolute Gasteiger partial charge is 0.379 e. The molecule has 1 atom stereocenters. The first-order chi connectivity index (χ1) is 14.8. The number of aromatic nitrogens is 2. The third-order valence-electron chi connectivity index (χ3n) is 6.06. The van der Waals surface area contributed by atoms with Crippen molar-refractivity contribution in [1.82, 2.24) is 20.0 Å². The van der Waals surface area contributed by atoms with Crippen molar-refractivity contribution in [3.63, 3.8) is 0 Å². The molecule has 2 aromatic rings. The van der Waals surface area contributed by atoms with Crippen molar-refractivity contribution in [1.29, 1.82) is 0 Å². The Morgan fingerprint density at radius 1 is 1.16 bits per heavy atom. The smallest absolute Gasteiger partial charge is 0.244 e. The Bertz CT molecular complexity index is 893. The van der Waals surface area contributed by atoms with Crippen molar-refractivity contribution in [3.05, 3.63) is 58.4 Å². The lowest BCUT2D eigenvalue weighted by molar-refractivity contribution is -0.116. The van der Waals surface area contributed by atoms with Crippen molar-refractivity contribution in [3.8, 4) is 0 Å². The van der Waals surface area contributed by atoms with Gasteiger partial charge in [-0.1, -0.05) is 43.7 Å². The van der Waals surface area contributed by atoms with Gasteiger partial charge in [-0.3, -0.25) is 14.4 Å². The summed E-state index contributed by atoms with van der Waals surface area (Å²) >= 11 is 0. The maximum Gasteiger partial charge on any atom is 0.244 e. The van der Waals surface area contributed by atoms with Gasteiger partial charge in [-0.2, -0.15) is 5.10 Å². The highest BCUT2D eigenvalue weighted by Crippen LogP contribution is 2.17. The van der Waals surface area contributed by atoms with Gasteiger partial charge in [0.15, 0.2) is 0 Å². The summed E-state index contributed by atoms with van der Waals surface area (Å²) in [5.41, 5.74) is 5.47. The highest BCUT2D eigenvalue weighted by Gasteiger charge is 2.23. The molecule has 31 heavy (non-hydrogen) atoms. The van der Waals surface area contributed by atoms with Crippen molar-refractivity contribution in [2.45, 2.75) is 47.2 Å². The van der Waals surface area contributed by atoms with Crippen LogP contribution in [0.5, 0.6) is 0 Å². The number of rotatable bonds is 8. The molecule has 1 fully saturated rings. The third kappa shape index (κ3) is 6.28. The first kappa shape index (κ1) is 23.2. The van der Waals surface area contributed by atoms with Crippen LogP contribution in [0.3, 0.4) is 0 Å². The number of carbonyl (C=O) groups is 1. The third-order valence-corrected chi connectivity index (χ3v) is 6.06. The number of nitrogens with one attached hydrogen (secondary N) is 1. The van der Waals surface area contributed by atoms with E-state index in [1.165, 1.54) is 11.1 Å². The van der Waals surface area contributed by atoms with E-state index in [-0.39, 0.29) is 5.91 Å². The fourth-order valence-electron chi connectivity index (χ4n) is 4.09. The molecule has 0 spiro atoms. The van der Waals surface area contributed by atoms with E-state index >= 15 is 0 Å². The fraction of sp³-hybridized carbons (Fsp3) is 0.520. The number of benzene rings is 1. The van der Waals surface area contributed by atoms with Crippen LogP contribution in [-0.4, -0.2) is 59.5 Å². The average molecular weight is 425 g/mol. The fourth-order valence-corrected chi connectivity index (χ4v) is 4.09. The number of hydrogen-bond acceptors (Lipinski definition) is 4. The van der Waals surface area contributed by atoms with Gasteiger partial charge in [0.05, 0.1) is 25.5 Å². The topological polar surface area (TPSA) is 59.4 Å². The van der Waals surface area contributed by atoms with Crippen LogP contribution in [0.25, 0.3) is 6.08 Å². The second-order valence-electron chi connectivity index (χ2n) is 8.77. The molecule has 1 aromatic carbocycles. The van der Waals surface area contributed by atoms with Crippen molar-refractivity contribution >= 4 is 12.0 Å². The van der Waals surface area contributed by atoms with Crippen molar-refractivity contribution in [2.24, 2.45) is 5.92 Å². The van der Waals surface area contributed by atoms with Crippen LogP contribution in [-0.2, 0) is 16.1 Å². The number of hydrogen-bond donors (Lipinski definition) is 1. The first-order valence-corrected chi connectivity index (χ1v) is 11.2. The van der Waals surface area contributed by atoms with Crippen LogP contribution in [0.1, 0.15) is 41.9 Å². The lowest BCUT2D eigenvalue weighted by Gasteiger charge is -2.36.